The van der Waals surface area contributed by atoms with Gasteiger partial charge in [0.05, 0.1) is 13.2 Å². The molecule has 2 N–H and O–H groups in total. The summed E-state index contributed by atoms with van der Waals surface area (Å²) >= 11 is 0. The van der Waals surface area contributed by atoms with Crippen LogP contribution in [-0.2, 0) is 16.1 Å². The number of amides is 1. The van der Waals surface area contributed by atoms with E-state index in [1.165, 1.54) is 18.3 Å². The van der Waals surface area contributed by atoms with Crippen molar-refractivity contribution in [3.05, 3.63) is 40.6 Å². The fourth-order valence-corrected chi connectivity index (χ4v) is 2.69. The van der Waals surface area contributed by atoms with Crippen molar-refractivity contribution in [1.29, 1.82) is 0 Å². The lowest BCUT2D eigenvalue weighted by atomic mass is 10.4. The minimum Gasteiger partial charge on any atom is -0.378 e. The van der Waals surface area contributed by atoms with E-state index in [1.54, 1.807) is 0 Å². The van der Waals surface area contributed by atoms with Crippen molar-refractivity contribution in [2.45, 2.75) is 13.5 Å². The fraction of sp³-hybridized carbons (Fsp3) is 0.471. The molecule has 2 aromatic rings. The highest BCUT2D eigenvalue weighted by Gasteiger charge is 2.14. The molecule has 0 atom stereocenters. The van der Waals surface area contributed by atoms with Gasteiger partial charge in [-0.25, -0.2) is 14.6 Å². The van der Waals surface area contributed by atoms with Crippen molar-refractivity contribution >= 4 is 17.5 Å². The average Bonchev–Trinajstić information content (AvgIpc) is 2.67. The maximum absolute atomic E-state index is 11.9. The van der Waals surface area contributed by atoms with E-state index in [9.17, 15) is 9.59 Å². The van der Waals surface area contributed by atoms with Gasteiger partial charge in [-0.2, -0.15) is 5.10 Å². The van der Waals surface area contributed by atoms with Crippen LogP contribution in [0.3, 0.4) is 0 Å². The first-order chi connectivity index (χ1) is 13.1. The predicted octanol–water partition coefficient (Wildman–Crippen LogP) is -0.593. The summed E-state index contributed by atoms with van der Waals surface area (Å²) in [6.07, 6.45) is 1.47. The molecule has 10 heteroatoms. The van der Waals surface area contributed by atoms with Gasteiger partial charge < -0.3 is 20.3 Å². The van der Waals surface area contributed by atoms with Gasteiger partial charge in [-0.05, 0) is 13.0 Å². The topological polar surface area (TPSA) is 114 Å². The molecule has 0 radical (unpaired) electrons. The van der Waals surface area contributed by atoms with Gasteiger partial charge in [0.25, 0.3) is 5.56 Å². The van der Waals surface area contributed by atoms with Gasteiger partial charge in [-0.15, -0.1) is 0 Å². The third-order valence-electron chi connectivity index (χ3n) is 3.99. The highest BCUT2D eigenvalue weighted by Crippen LogP contribution is 2.16. The van der Waals surface area contributed by atoms with E-state index in [0.29, 0.717) is 37.9 Å². The highest BCUT2D eigenvalue weighted by molar-refractivity contribution is 5.75. The predicted molar refractivity (Wildman–Crippen MR) is 99.8 cm³/mol. The first-order valence-corrected chi connectivity index (χ1v) is 8.83. The number of aromatic nitrogens is 4. The summed E-state index contributed by atoms with van der Waals surface area (Å²) in [5, 5.41) is 9.79. The standard InChI is InChI=1S/C17H23N7O3/c1-13-21-14(11-15(22-13)23-7-9-27-10-8-23)18-5-6-19-16(25)12-24-17(26)3-2-4-20-24/h2-4,11H,5-10,12H2,1H3,(H,19,25)(H,18,21,22). The normalized spacial score (nSPS) is 14.0. The third-order valence-corrected chi connectivity index (χ3v) is 3.99. The molecule has 3 rings (SSSR count). The summed E-state index contributed by atoms with van der Waals surface area (Å²) in [7, 11) is 0. The zero-order chi connectivity index (χ0) is 19.1. The molecule has 0 spiro atoms. The van der Waals surface area contributed by atoms with Crippen LogP contribution in [0.5, 0.6) is 0 Å². The Balaban J connectivity index is 1.47. The summed E-state index contributed by atoms with van der Waals surface area (Å²) in [4.78, 5) is 34.5. The fourth-order valence-electron chi connectivity index (χ4n) is 2.69. The Kier molecular flexibility index (Phi) is 6.31. The van der Waals surface area contributed by atoms with Crippen molar-refractivity contribution < 1.29 is 9.53 Å². The van der Waals surface area contributed by atoms with Crippen molar-refractivity contribution in [2.24, 2.45) is 0 Å². The van der Waals surface area contributed by atoms with Gasteiger partial charge in [-0.3, -0.25) is 9.59 Å². The first-order valence-electron chi connectivity index (χ1n) is 8.83. The Labute approximate surface area is 156 Å². The molecule has 1 saturated heterocycles. The van der Waals surface area contributed by atoms with E-state index in [4.69, 9.17) is 4.74 Å². The van der Waals surface area contributed by atoms with Crippen LogP contribution in [0.25, 0.3) is 0 Å². The Morgan fingerprint density at radius 1 is 1.26 bits per heavy atom. The van der Waals surface area contributed by atoms with E-state index < -0.39 is 0 Å². The maximum Gasteiger partial charge on any atom is 0.267 e. The smallest absolute Gasteiger partial charge is 0.267 e. The van der Waals surface area contributed by atoms with Crippen molar-refractivity contribution in [2.75, 3.05) is 49.6 Å². The van der Waals surface area contributed by atoms with Gasteiger partial charge in [0.15, 0.2) is 0 Å². The van der Waals surface area contributed by atoms with Crippen LogP contribution in [0.2, 0.25) is 0 Å². The van der Waals surface area contributed by atoms with Crippen LogP contribution in [0.15, 0.2) is 29.2 Å². The number of rotatable bonds is 7. The molecule has 0 bridgehead atoms. The Morgan fingerprint density at radius 3 is 2.85 bits per heavy atom. The van der Waals surface area contributed by atoms with E-state index in [2.05, 4.69) is 30.6 Å². The number of aryl methyl sites for hydroxylation is 1. The van der Waals surface area contributed by atoms with Gasteiger partial charge in [0.2, 0.25) is 5.91 Å². The summed E-state index contributed by atoms with van der Waals surface area (Å²) in [6, 6.07) is 4.80. The van der Waals surface area contributed by atoms with Crippen LogP contribution in [0, 0.1) is 6.92 Å². The number of hydrogen-bond donors (Lipinski definition) is 2. The number of carbonyl (C=O) groups is 1. The molecule has 144 valence electrons. The second kappa shape index (κ2) is 9.08. The monoisotopic (exact) mass is 373 g/mol. The minimum absolute atomic E-state index is 0.104. The SMILES string of the molecule is Cc1nc(NCCNC(=O)Cn2ncccc2=O)cc(N2CCOCC2)n1. The van der Waals surface area contributed by atoms with E-state index in [1.807, 2.05) is 13.0 Å². The van der Waals surface area contributed by atoms with Crippen molar-refractivity contribution in [1.82, 2.24) is 25.1 Å². The van der Waals surface area contributed by atoms with Crippen molar-refractivity contribution in [3.63, 3.8) is 0 Å². The van der Waals surface area contributed by atoms with Crippen LogP contribution >= 0.6 is 0 Å². The molecule has 1 aliphatic heterocycles. The van der Waals surface area contributed by atoms with Crippen LogP contribution in [0.1, 0.15) is 5.82 Å². The molecular weight excluding hydrogens is 350 g/mol. The van der Waals surface area contributed by atoms with Gasteiger partial charge in [0.1, 0.15) is 24.0 Å². The molecular formula is C17H23N7O3. The average molecular weight is 373 g/mol. The van der Waals surface area contributed by atoms with E-state index >= 15 is 0 Å². The Hall–Kier alpha value is -3.01. The Morgan fingerprint density at radius 2 is 2.07 bits per heavy atom. The van der Waals surface area contributed by atoms with Gasteiger partial charge >= 0.3 is 0 Å². The van der Waals surface area contributed by atoms with Crippen LogP contribution in [0.4, 0.5) is 11.6 Å². The number of hydrogen-bond acceptors (Lipinski definition) is 8. The molecule has 0 aliphatic carbocycles. The number of nitrogens with zero attached hydrogens (tertiary/aromatic N) is 5. The molecule has 1 fully saturated rings. The summed E-state index contributed by atoms with van der Waals surface area (Å²) < 4.78 is 6.48. The second-order valence-corrected chi connectivity index (χ2v) is 6.05. The number of anilines is 2. The lowest BCUT2D eigenvalue weighted by Crippen LogP contribution is -2.37. The lowest BCUT2D eigenvalue weighted by molar-refractivity contribution is -0.121. The molecule has 0 aromatic carbocycles. The van der Waals surface area contributed by atoms with Crippen LogP contribution in [-0.4, -0.2) is 65.0 Å². The first kappa shape index (κ1) is 18.8. The number of carbonyl (C=O) groups excluding carboxylic acids is 1. The summed E-state index contributed by atoms with van der Waals surface area (Å²) in [6.45, 7) is 5.64. The van der Waals surface area contributed by atoms with Crippen LogP contribution < -0.4 is 21.1 Å². The number of morpholine rings is 1. The number of nitrogens with one attached hydrogen (secondary N) is 2. The zero-order valence-electron chi connectivity index (χ0n) is 15.2. The maximum atomic E-state index is 11.9. The minimum atomic E-state index is -0.308. The molecule has 0 unspecified atom stereocenters. The zero-order valence-corrected chi connectivity index (χ0v) is 15.2. The highest BCUT2D eigenvalue weighted by atomic mass is 16.5. The molecule has 27 heavy (non-hydrogen) atoms. The van der Waals surface area contributed by atoms with Crippen molar-refractivity contribution in [3.8, 4) is 0 Å². The van der Waals surface area contributed by atoms with Gasteiger partial charge in [-0.1, -0.05) is 0 Å². The number of ether oxygens (including phenoxy) is 1. The summed E-state index contributed by atoms with van der Waals surface area (Å²) in [5.74, 6) is 1.98. The molecule has 1 aliphatic rings. The molecule has 3 heterocycles. The quantitative estimate of drug-likeness (QED) is 0.619. The van der Waals surface area contributed by atoms with E-state index in [0.717, 1.165) is 23.6 Å². The lowest BCUT2D eigenvalue weighted by Gasteiger charge is -2.28. The molecule has 0 saturated carbocycles. The second-order valence-electron chi connectivity index (χ2n) is 6.05. The summed E-state index contributed by atoms with van der Waals surface area (Å²) in [5.41, 5.74) is -0.308. The van der Waals surface area contributed by atoms with E-state index in [-0.39, 0.29) is 18.0 Å². The largest absolute Gasteiger partial charge is 0.378 e. The Bertz CT molecular complexity index is 833. The van der Waals surface area contributed by atoms with Gasteiger partial charge in [0, 0.05) is 44.5 Å². The third kappa shape index (κ3) is 5.48. The molecule has 1 amide bonds. The molecule has 10 nitrogen and oxygen atoms in total. The molecule has 2 aromatic heterocycles.